The number of aromatic nitrogens is 2. The molecule has 28 heavy (non-hydrogen) atoms. The zero-order chi connectivity index (χ0) is 19.1. The first-order chi connectivity index (χ1) is 13.8. The summed E-state index contributed by atoms with van der Waals surface area (Å²) in [4.78, 5) is 3.47. The lowest BCUT2D eigenvalue weighted by molar-refractivity contribution is -0.465. The van der Waals surface area contributed by atoms with Crippen LogP contribution in [0.15, 0.2) is 48.5 Å². The molecule has 1 aliphatic rings. The molecule has 5 heteroatoms. The van der Waals surface area contributed by atoms with Crippen LogP contribution >= 0.6 is 0 Å². The van der Waals surface area contributed by atoms with Gasteiger partial charge in [0.15, 0.2) is 0 Å². The van der Waals surface area contributed by atoms with Crippen molar-refractivity contribution in [2.75, 3.05) is 12.4 Å². The van der Waals surface area contributed by atoms with Crippen LogP contribution in [0.4, 0.5) is 11.5 Å². The summed E-state index contributed by atoms with van der Waals surface area (Å²) in [7, 11) is 1.67. The number of rotatable bonds is 3. The molecule has 0 amide bonds. The number of nitrogens with one attached hydrogen (secondary N) is 2. The van der Waals surface area contributed by atoms with Crippen molar-refractivity contribution in [3.8, 4) is 11.8 Å². The Morgan fingerprint density at radius 1 is 1.04 bits per heavy atom. The number of pyridine rings is 1. The molecule has 0 saturated heterocycles. The molecule has 0 bridgehead atoms. The first kappa shape index (κ1) is 16.6. The molecule has 5 nitrogen and oxygen atoms in total. The van der Waals surface area contributed by atoms with Crippen LogP contribution < -0.4 is 14.5 Å². The van der Waals surface area contributed by atoms with Crippen molar-refractivity contribution in [2.45, 2.75) is 25.7 Å². The molecule has 2 heterocycles. The third kappa shape index (κ3) is 2.49. The largest absolute Gasteiger partial charge is 0.497 e. The Hall–Kier alpha value is -3.52. The lowest BCUT2D eigenvalue weighted by atomic mass is 9.89. The van der Waals surface area contributed by atoms with Crippen molar-refractivity contribution >= 4 is 28.2 Å². The smallest absolute Gasteiger partial charge is 0.250 e. The highest BCUT2D eigenvalue weighted by atomic mass is 16.5. The molecule has 0 atom stereocenters. The topological polar surface area (TPSA) is 64.9 Å². The fraction of sp³-hybridized carbons (Fsp3) is 0.217. The quantitative estimate of drug-likeness (QED) is 0.526. The number of nitrogens with zero attached hydrogens (tertiary/aromatic N) is 2. The Labute approximate surface area is 163 Å². The number of imidazole rings is 1. The molecule has 1 aliphatic carbocycles. The van der Waals surface area contributed by atoms with Gasteiger partial charge in [0.05, 0.1) is 12.8 Å². The fourth-order valence-electron chi connectivity index (χ4n) is 4.27. The summed E-state index contributed by atoms with van der Waals surface area (Å²) in [6.07, 6.45) is 4.19. The number of anilines is 2. The fourth-order valence-corrected chi connectivity index (χ4v) is 4.27. The monoisotopic (exact) mass is 369 g/mol. The van der Waals surface area contributed by atoms with Crippen LogP contribution in [0.1, 0.15) is 29.5 Å². The summed E-state index contributed by atoms with van der Waals surface area (Å²) in [5.74, 6) is 1.88. The average Bonchev–Trinajstić information content (AvgIpc) is 3.13. The highest BCUT2D eigenvalue weighted by Gasteiger charge is 2.28. The van der Waals surface area contributed by atoms with Crippen LogP contribution in [0.5, 0.6) is 5.75 Å². The molecule has 2 N–H and O–H groups in total. The molecule has 0 radical (unpaired) electrons. The molecule has 5 rings (SSSR count). The van der Waals surface area contributed by atoms with E-state index in [-0.39, 0.29) is 0 Å². The van der Waals surface area contributed by atoms with E-state index in [1.807, 2.05) is 36.4 Å². The Bertz CT molecular complexity index is 1230. The van der Waals surface area contributed by atoms with Crippen molar-refractivity contribution in [3.63, 3.8) is 0 Å². The number of benzene rings is 2. The minimum absolute atomic E-state index is 0.770. The predicted molar refractivity (Wildman–Crippen MR) is 109 cm³/mol. The molecule has 4 aromatic rings. The van der Waals surface area contributed by atoms with Crippen LogP contribution in [-0.2, 0) is 12.8 Å². The Kier molecular flexibility index (Phi) is 3.91. The van der Waals surface area contributed by atoms with Crippen molar-refractivity contribution < 1.29 is 9.14 Å². The second kappa shape index (κ2) is 6.58. The third-order valence-corrected chi connectivity index (χ3v) is 5.60. The molecular formula is C23H21N4O+. The maximum atomic E-state index is 9.94. The van der Waals surface area contributed by atoms with Crippen molar-refractivity contribution in [1.29, 1.82) is 5.26 Å². The van der Waals surface area contributed by atoms with E-state index in [1.54, 1.807) is 7.11 Å². The summed E-state index contributed by atoms with van der Waals surface area (Å²) in [5, 5.41) is 13.6. The highest BCUT2D eigenvalue weighted by molar-refractivity contribution is 5.79. The van der Waals surface area contributed by atoms with E-state index >= 15 is 0 Å². The number of nitriles is 1. The zero-order valence-corrected chi connectivity index (χ0v) is 15.7. The van der Waals surface area contributed by atoms with Crippen LogP contribution in [-0.4, -0.2) is 12.1 Å². The summed E-state index contributed by atoms with van der Waals surface area (Å²) >= 11 is 0. The van der Waals surface area contributed by atoms with E-state index < -0.39 is 0 Å². The molecule has 0 aliphatic heterocycles. The van der Waals surface area contributed by atoms with Gasteiger partial charge in [0.25, 0.3) is 0 Å². The predicted octanol–water partition coefficient (Wildman–Crippen LogP) is 4.41. The van der Waals surface area contributed by atoms with Gasteiger partial charge in [-0.2, -0.15) is 9.66 Å². The summed E-state index contributed by atoms with van der Waals surface area (Å²) in [6, 6.07) is 18.6. The van der Waals surface area contributed by atoms with E-state index in [2.05, 4.69) is 32.9 Å². The number of H-pyrrole nitrogens is 1. The van der Waals surface area contributed by atoms with Crippen molar-refractivity contribution in [2.24, 2.45) is 0 Å². The average molecular weight is 369 g/mol. The van der Waals surface area contributed by atoms with Crippen LogP contribution in [0, 0.1) is 11.3 Å². The van der Waals surface area contributed by atoms with Crippen LogP contribution in [0.3, 0.4) is 0 Å². The van der Waals surface area contributed by atoms with Gasteiger partial charge in [-0.25, -0.2) is 0 Å². The Balaban J connectivity index is 1.81. The molecular weight excluding hydrogens is 348 g/mol. The first-order valence-electron chi connectivity index (χ1n) is 9.61. The first-order valence-corrected chi connectivity index (χ1v) is 9.61. The SMILES string of the molecule is COc1ccc(Nc2c3c(c(C#N)c4[nH]c5ccccc5[n+]24)CCCC3)cc1. The lowest BCUT2D eigenvalue weighted by Gasteiger charge is -2.19. The zero-order valence-electron chi connectivity index (χ0n) is 15.7. The molecule has 0 spiro atoms. The molecule has 138 valence electrons. The Morgan fingerprint density at radius 2 is 1.79 bits per heavy atom. The van der Waals surface area contributed by atoms with Gasteiger partial charge in [-0.3, -0.25) is 10.3 Å². The number of aromatic amines is 1. The van der Waals surface area contributed by atoms with Gasteiger partial charge in [-0.15, -0.1) is 0 Å². The Morgan fingerprint density at radius 3 is 2.54 bits per heavy atom. The molecule has 0 fully saturated rings. The number of ether oxygens (including phenoxy) is 1. The maximum Gasteiger partial charge on any atom is 0.250 e. The number of methoxy groups -OCH3 is 1. The van der Waals surface area contributed by atoms with E-state index in [0.29, 0.717) is 0 Å². The van der Waals surface area contributed by atoms with Gasteiger partial charge >= 0.3 is 0 Å². The number of hydrogen-bond acceptors (Lipinski definition) is 3. The minimum Gasteiger partial charge on any atom is -0.497 e. The molecule has 2 aromatic heterocycles. The number of para-hydroxylation sites is 2. The van der Waals surface area contributed by atoms with Gasteiger partial charge in [-0.05, 0) is 67.6 Å². The van der Waals surface area contributed by atoms with Gasteiger partial charge in [0, 0.05) is 5.56 Å². The summed E-state index contributed by atoms with van der Waals surface area (Å²) < 4.78 is 7.45. The normalized spacial score (nSPS) is 13.3. The van der Waals surface area contributed by atoms with Crippen molar-refractivity contribution in [3.05, 3.63) is 65.2 Å². The third-order valence-electron chi connectivity index (χ3n) is 5.60. The molecule has 2 aromatic carbocycles. The van der Waals surface area contributed by atoms with Gasteiger partial charge in [-0.1, -0.05) is 12.1 Å². The van der Waals surface area contributed by atoms with Crippen LogP contribution in [0.25, 0.3) is 16.7 Å². The van der Waals surface area contributed by atoms with E-state index in [1.165, 1.54) is 11.1 Å². The molecule has 0 unspecified atom stereocenters. The second-order valence-corrected chi connectivity index (χ2v) is 7.18. The van der Waals surface area contributed by atoms with Gasteiger partial charge < -0.3 is 4.74 Å². The number of fused-ring (bicyclic) bond motifs is 4. The highest BCUT2D eigenvalue weighted by Crippen LogP contribution is 2.33. The standard InChI is InChI=1S/C23H20N4O/c1-28-16-12-10-15(11-13-16)25-22-18-7-3-2-6-17(18)19(14-24)23-26-20-8-4-5-9-21(20)27(22)23/h4-5,8-13H,2-3,6-7H2,1H3,(H,25,26)/p+1. The van der Waals surface area contributed by atoms with E-state index in [4.69, 9.17) is 4.74 Å². The lowest BCUT2D eigenvalue weighted by Crippen LogP contribution is -2.30. The van der Waals surface area contributed by atoms with Gasteiger partial charge in [0.2, 0.25) is 11.5 Å². The second-order valence-electron chi connectivity index (χ2n) is 7.18. The number of hydrogen-bond donors (Lipinski definition) is 2. The maximum absolute atomic E-state index is 9.94. The van der Waals surface area contributed by atoms with E-state index in [0.717, 1.165) is 65.2 Å². The van der Waals surface area contributed by atoms with Crippen LogP contribution in [0.2, 0.25) is 0 Å². The summed E-state index contributed by atoms with van der Waals surface area (Å²) in [6.45, 7) is 0. The van der Waals surface area contributed by atoms with Crippen molar-refractivity contribution in [1.82, 2.24) is 4.98 Å². The minimum atomic E-state index is 0.770. The van der Waals surface area contributed by atoms with E-state index in [9.17, 15) is 5.26 Å². The summed E-state index contributed by atoms with van der Waals surface area (Å²) in [5.41, 5.74) is 7.15. The molecule has 0 saturated carbocycles. The van der Waals surface area contributed by atoms with Gasteiger partial charge in [0.1, 0.15) is 28.4 Å².